The zero-order chi connectivity index (χ0) is 17.4. The van der Waals surface area contributed by atoms with Crippen molar-refractivity contribution in [1.29, 1.82) is 0 Å². The molecule has 0 aliphatic heterocycles. The summed E-state index contributed by atoms with van der Waals surface area (Å²) in [5, 5.41) is 0. The fourth-order valence-corrected chi connectivity index (χ4v) is 2.10. The van der Waals surface area contributed by atoms with Gasteiger partial charge >= 0.3 is 88.7 Å². The van der Waals surface area contributed by atoms with Crippen molar-refractivity contribution in [2.45, 2.75) is 0 Å². The van der Waals surface area contributed by atoms with Crippen LogP contribution in [0.4, 0.5) is 0 Å². The van der Waals surface area contributed by atoms with Gasteiger partial charge in [0.05, 0.1) is 43.3 Å². The van der Waals surface area contributed by atoms with E-state index in [0.717, 1.165) is 4.90 Å². The number of nitrogens with zero attached hydrogens (tertiary/aromatic N) is 1. The van der Waals surface area contributed by atoms with Gasteiger partial charge < -0.3 is 56.6 Å². The van der Waals surface area contributed by atoms with Crippen LogP contribution in [0, 0.1) is 0 Å². The van der Waals surface area contributed by atoms with Gasteiger partial charge in [0.25, 0.3) is 0 Å². The minimum Gasteiger partial charge on any atom is -0.790 e. The molecular formula is C6H12NNa3O12P3-3. The second-order valence-electron chi connectivity index (χ2n) is 3.68. The molecule has 0 bridgehead atoms. The molecule has 134 valence electrons. The summed E-state index contributed by atoms with van der Waals surface area (Å²) in [6.45, 7) is -2.60. The van der Waals surface area contributed by atoms with Crippen LogP contribution in [0.5, 0.6) is 0 Å². The van der Waals surface area contributed by atoms with Crippen LogP contribution in [0.3, 0.4) is 0 Å². The molecule has 25 heavy (non-hydrogen) atoms. The molecule has 0 atom stereocenters. The van der Waals surface area contributed by atoms with Gasteiger partial charge in [0.15, 0.2) is 0 Å². The Bertz CT molecular complexity index is 398. The third kappa shape index (κ3) is 29.6. The second-order valence-corrected chi connectivity index (χ2v) is 7.14. The average Bonchev–Trinajstić information content (AvgIpc) is 2.23. The monoisotopic (exact) mass is 452 g/mol. The topological polar surface area (TPSA) is 220 Å². The van der Waals surface area contributed by atoms with Crippen LogP contribution < -0.4 is 118 Å². The van der Waals surface area contributed by atoms with Crippen molar-refractivity contribution in [3.8, 4) is 0 Å². The van der Waals surface area contributed by atoms with Gasteiger partial charge in [0, 0.05) is 19.6 Å². The fraction of sp³-hybridized carbons (Fsp3) is 1.00. The number of hydrogen-bond donors (Lipinski definition) is 0. The van der Waals surface area contributed by atoms with Gasteiger partial charge in [-0.1, -0.05) is 0 Å². The van der Waals surface area contributed by atoms with Gasteiger partial charge in [-0.05, 0) is 0 Å². The van der Waals surface area contributed by atoms with E-state index in [1.54, 1.807) is 0 Å². The molecule has 0 aromatic carbocycles. The zero-order valence-electron chi connectivity index (χ0n) is 13.9. The summed E-state index contributed by atoms with van der Waals surface area (Å²) in [4.78, 5) is 62.6. The third-order valence-electron chi connectivity index (χ3n) is 1.97. The summed E-state index contributed by atoms with van der Waals surface area (Å²) in [5.41, 5.74) is 0. The summed E-state index contributed by atoms with van der Waals surface area (Å²) in [6, 6.07) is 0. The Balaban J connectivity index is -0.000000735. The molecule has 0 N–H and O–H groups in total. The van der Waals surface area contributed by atoms with Gasteiger partial charge in [-0.15, -0.1) is 0 Å². The quantitative estimate of drug-likeness (QED) is 0.198. The molecule has 0 aromatic heterocycles. The summed E-state index contributed by atoms with van der Waals surface area (Å²) < 4.78 is 42.5. The smallest absolute Gasteiger partial charge is 0.790 e. The van der Waals surface area contributed by atoms with Gasteiger partial charge in [-0.2, -0.15) is 0 Å². The van der Waals surface area contributed by atoms with Gasteiger partial charge in [0.2, 0.25) is 0 Å². The van der Waals surface area contributed by atoms with Crippen molar-refractivity contribution in [1.82, 2.24) is 4.90 Å². The van der Waals surface area contributed by atoms with Crippen LogP contribution >= 0.6 is 23.5 Å². The summed E-state index contributed by atoms with van der Waals surface area (Å²) >= 11 is 0. The maximum absolute atomic E-state index is 10.2. The summed E-state index contributed by atoms with van der Waals surface area (Å²) in [5.74, 6) is 0. The van der Waals surface area contributed by atoms with Crippen molar-refractivity contribution in [2.75, 3.05) is 39.5 Å². The van der Waals surface area contributed by atoms with E-state index in [2.05, 4.69) is 13.6 Å². The molecule has 0 aromatic rings. The summed E-state index contributed by atoms with van der Waals surface area (Å²) in [6.07, 6.45) is 0. The largest absolute Gasteiger partial charge is 1.00 e. The Morgan fingerprint density at radius 2 is 0.760 bits per heavy atom. The van der Waals surface area contributed by atoms with Crippen LogP contribution in [-0.2, 0) is 27.3 Å². The van der Waals surface area contributed by atoms with Gasteiger partial charge in [-0.3, -0.25) is 4.90 Å². The Hall–Kier alpha value is 3.29. The van der Waals surface area contributed by atoms with Crippen molar-refractivity contribution < 1.29 is 145 Å². The van der Waals surface area contributed by atoms with E-state index in [4.69, 9.17) is 0 Å². The zero-order valence-corrected chi connectivity index (χ0v) is 22.6. The molecule has 0 unspecified atom stereocenters. The van der Waals surface area contributed by atoms with E-state index in [-0.39, 0.29) is 108 Å². The Kier molecular flexibility index (Phi) is 24.3. The van der Waals surface area contributed by atoms with Crippen LogP contribution in [-0.4, -0.2) is 44.4 Å². The first-order chi connectivity index (χ1) is 9.79. The summed E-state index contributed by atoms with van der Waals surface area (Å²) in [7, 11) is -15.6. The van der Waals surface area contributed by atoms with E-state index in [1.807, 2.05) is 0 Å². The van der Waals surface area contributed by atoms with E-state index in [1.165, 1.54) is 0 Å². The van der Waals surface area contributed by atoms with Gasteiger partial charge in [-0.25, -0.2) is 0 Å². The van der Waals surface area contributed by atoms with Crippen molar-refractivity contribution in [3.63, 3.8) is 0 Å². The normalized spacial score (nSPS) is 12.1. The molecule has 19 heteroatoms. The number of phosphoric acid groups is 3. The molecule has 0 spiro atoms. The molecule has 0 aliphatic carbocycles. The van der Waals surface area contributed by atoms with Crippen LogP contribution in [0.2, 0.25) is 0 Å². The first-order valence-corrected chi connectivity index (χ1v) is 9.89. The van der Waals surface area contributed by atoms with Crippen LogP contribution in [0.1, 0.15) is 0 Å². The molecule has 0 heterocycles. The predicted molar refractivity (Wildman–Crippen MR) is 57.1 cm³/mol. The Labute approximate surface area is 210 Å². The van der Waals surface area contributed by atoms with Gasteiger partial charge in [0.1, 0.15) is 0 Å². The number of rotatable bonds is 12. The molecular weight excluding hydrogens is 440 g/mol. The Morgan fingerprint density at radius 3 is 0.920 bits per heavy atom. The predicted octanol–water partition coefficient (Wildman–Crippen LogP) is -14.2. The van der Waals surface area contributed by atoms with E-state index in [0.29, 0.717) is 0 Å². The average molecular weight is 452 g/mol. The molecule has 0 saturated heterocycles. The third-order valence-corrected chi connectivity index (χ3v) is 3.47. The molecule has 0 rings (SSSR count). The van der Waals surface area contributed by atoms with E-state index < -0.39 is 43.3 Å². The molecule has 0 fully saturated rings. The maximum Gasteiger partial charge on any atom is 1.00 e. The van der Waals surface area contributed by atoms with Crippen LogP contribution in [0.25, 0.3) is 0 Å². The Morgan fingerprint density at radius 1 is 0.560 bits per heavy atom. The standard InChI is InChI=1S/C6H18NO12P3.3Na/c8-20(9,10)17-4-1-7(2-5-18-21(11,12)13)3-6-19-22(14,15)16;;;/h1-6H2,(H2,8,9,10)(H2,11,12,13)(H2,14,15,16);;;/q;3*+1/p-6. The number of hydrogen-bond acceptors (Lipinski definition) is 13. The van der Waals surface area contributed by atoms with Crippen LogP contribution in [0.15, 0.2) is 0 Å². The molecule has 0 radical (unpaired) electrons. The van der Waals surface area contributed by atoms with Crippen molar-refractivity contribution in [2.24, 2.45) is 0 Å². The molecule has 0 saturated carbocycles. The molecule has 0 amide bonds. The second kappa shape index (κ2) is 17.0. The minimum atomic E-state index is -5.21. The SMILES string of the molecule is O=P([O-])([O-])OCCN(CCOP(=O)([O-])[O-])CCOP(=O)([O-])[O-].[Na+].[Na+].[Na+]. The van der Waals surface area contributed by atoms with E-state index in [9.17, 15) is 43.1 Å². The van der Waals surface area contributed by atoms with E-state index >= 15 is 0 Å². The maximum atomic E-state index is 10.2. The van der Waals surface area contributed by atoms with Crippen molar-refractivity contribution in [3.05, 3.63) is 0 Å². The first kappa shape index (κ1) is 35.7. The van der Waals surface area contributed by atoms with Crippen molar-refractivity contribution >= 4 is 23.5 Å². The molecule has 0 aliphatic rings. The molecule has 13 nitrogen and oxygen atoms in total. The minimum absolute atomic E-state index is 0. The fourth-order valence-electron chi connectivity index (χ4n) is 1.18. The number of phosphoric ester groups is 3. The first-order valence-electron chi connectivity index (χ1n) is 5.51.